The van der Waals surface area contributed by atoms with E-state index in [0.717, 1.165) is 19.5 Å². The SMILES string of the molecule is Oc1ccc2c(c1)C13CCCC[C@H]1[C@@H](C2)N(CCCF)CC3. The molecule has 4 rings (SSSR count). The van der Waals surface area contributed by atoms with E-state index in [1.54, 1.807) is 0 Å². The topological polar surface area (TPSA) is 23.5 Å². The average Bonchev–Trinajstić information content (AvgIpc) is 2.55. The number of phenolic OH excluding ortho intramolecular Hbond substituents is 1. The maximum absolute atomic E-state index is 12.6. The fraction of sp³-hybridized carbons (Fsp3) is 0.684. The van der Waals surface area contributed by atoms with E-state index in [0.29, 0.717) is 24.1 Å². The molecule has 1 heterocycles. The highest BCUT2D eigenvalue weighted by atomic mass is 19.1. The zero-order chi connectivity index (χ0) is 15.2. The number of hydrogen-bond donors (Lipinski definition) is 1. The molecule has 1 aliphatic heterocycles. The number of alkyl halides is 1. The molecule has 3 aliphatic rings. The van der Waals surface area contributed by atoms with E-state index in [1.165, 1.54) is 43.2 Å². The molecule has 1 N–H and O–H groups in total. The van der Waals surface area contributed by atoms with E-state index >= 15 is 0 Å². The number of halogens is 1. The molecule has 3 heteroatoms. The van der Waals surface area contributed by atoms with Crippen LogP contribution in [0.25, 0.3) is 0 Å². The molecule has 1 unspecified atom stereocenters. The van der Waals surface area contributed by atoms with E-state index in [9.17, 15) is 9.50 Å². The summed E-state index contributed by atoms with van der Waals surface area (Å²) in [6.07, 6.45) is 8.12. The first-order chi connectivity index (χ1) is 10.7. The van der Waals surface area contributed by atoms with Crippen LogP contribution in [0.3, 0.4) is 0 Å². The van der Waals surface area contributed by atoms with Gasteiger partial charge in [-0.05, 0) is 67.8 Å². The number of hydrogen-bond acceptors (Lipinski definition) is 2. The first kappa shape index (κ1) is 14.5. The molecule has 1 aromatic rings. The molecule has 22 heavy (non-hydrogen) atoms. The van der Waals surface area contributed by atoms with E-state index < -0.39 is 0 Å². The van der Waals surface area contributed by atoms with Gasteiger partial charge in [-0.2, -0.15) is 0 Å². The third kappa shape index (κ3) is 2.09. The van der Waals surface area contributed by atoms with Crippen LogP contribution >= 0.6 is 0 Å². The van der Waals surface area contributed by atoms with Crippen LogP contribution in [0.15, 0.2) is 18.2 Å². The lowest BCUT2D eigenvalue weighted by molar-refractivity contribution is -0.0123. The zero-order valence-electron chi connectivity index (χ0n) is 13.2. The van der Waals surface area contributed by atoms with Crippen molar-refractivity contribution >= 4 is 0 Å². The number of likely N-dealkylation sites (tertiary alicyclic amines) is 1. The first-order valence-corrected chi connectivity index (χ1v) is 8.87. The van der Waals surface area contributed by atoms with Crippen LogP contribution in [0.2, 0.25) is 0 Å². The maximum Gasteiger partial charge on any atom is 0.115 e. The lowest BCUT2D eigenvalue weighted by Crippen LogP contribution is -2.61. The number of rotatable bonds is 3. The van der Waals surface area contributed by atoms with Crippen molar-refractivity contribution < 1.29 is 9.50 Å². The Kier molecular flexibility index (Phi) is 3.64. The van der Waals surface area contributed by atoms with Crippen LogP contribution in [0.1, 0.15) is 49.7 Å². The van der Waals surface area contributed by atoms with Gasteiger partial charge < -0.3 is 5.11 Å². The van der Waals surface area contributed by atoms with Crippen molar-refractivity contribution in [1.29, 1.82) is 0 Å². The Morgan fingerprint density at radius 3 is 3.05 bits per heavy atom. The van der Waals surface area contributed by atoms with Gasteiger partial charge in [-0.25, -0.2) is 0 Å². The second-order valence-electron chi connectivity index (χ2n) is 7.45. The fourth-order valence-corrected chi connectivity index (χ4v) is 5.61. The van der Waals surface area contributed by atoms with Gasteiger partial charge in [0.2, 0.25) is 0 Å². The smallest absolute Gasteiger partial charge is 0.115 e. The van der Waals surface area contributed by atoms with Crippen LogP contribution in [0.4, 0.5) is 4.39 Å². The molecular weight excluding hydrogens is 277 g/mol. The van der Waals surface area contributed by atoms with E-state index in [4.69, 9.17) is 0 Å². The summed E-state index contributed by atoms with van der Waals surface area (Å²) >= 11 is 0. The van der Waals surface area contributed by atoms with Gasteiger partial charge >= 0.3 is 0 Å². The van der Waals surface area contributed by atoms with E-state index in [1.807, 2.05) is 12.1 Å². The second kappa shape index (κ2) is 5.52. The molecule has 2 aliphatic carbocycles. The van der Waals surface area contributed by atoms with Crippen molar-refractivity contribution in [1.82, 2.24) is 4.90 Å². The van der Waals surface area contributed by atoms with E-state index in [-0.39, 0.29) is 12.1 Å². The van der Waals surface area contributed by atoms with Crippen LogP contribution in [-0.2, 0) is 11.8 Å². The minimum Gasteiger partial charge on any atom is -0.508 e. The largest absolute Gasteiger partial charge is 0.508 e. The van der Waals surface area contributed by atoms with Crippen molar-refractivity contribution in [2.75, 3.05) is 19.8 Å². The Morgan fingerprint density at radius 2 is 2.18 bits per heavy atom. The standard InChI is InChI=1S/C19H26FNO/c20-9-3-10-21-11-8-19-7-2-1-4-16(19)18(21)12-14-5-6-15(22)13-17(14)19/h5-6,13,16,18,22H,1-4,7-12H2/t16-,18+,19?/m0/s1. The molecule has 0 spiro atoms. The van der Waals surface area contributed by atoms with Gasteiger partial charge in [0.25, 0.3) is 0 Å². The van der Waals surface area contributed by atoms with Crippen LogP contribution in [-0.4, -0.2) is 35.8 Å². The number of fused-ring (bicyclic) bond motifs is 1. The molecule has 120 valence electrons. The number of aromatic hydroxyl groups is 1. The summed E-state index contributed by atoms with van der Waals surface area (Å²) in [7, 11) is 0. The molecule has 0 radical (unpaired) electrons. The highest BCUT2D eigenvalue weighted by molar-refractivity contribution is 5.45. The van der Waals surface area contributed by atoms with Gasteiger partial charge in [-0.3, -0.25) is 9.29 Å². The third-order valence-corrected chi connectivity index (χ3v) is 6.51. The van der Waals surface area contributed by atoms with Gasteiger partial charge in [0.15, 0.2) is 0 Å². The van der Waals surface area contributed by atoms with Crippen LogP contribution < -0.4 is 0 Å². The van der Waals surface area contributed by atoms with Crippen LogP contribution in [0.5, 0.6) is 5.75 Å². The molecule has 0 amide bonds. The highest BCUT2D eigenvalue weighted by Crippen LogP contribution is 2.56. The van der Waals surface area contributed by atoms with Crippen molar-refractivity contribution in [2.45, 2.75) is 56.4 Å². The summed E-state index contributed by atoms with van der Waals surface area (Å²) in [4.78, 5) is 2.56. The van der Waals surface area contributed by atoms with Gasteiger partial charge in [-0.15, -0.1) is 0 Å². The monoisotopic (exact) mass is 303 g/mol. The summed E-state index contributed by atoms with van der Waals surface area (Å²) < 4.78 is 12.6. The summed E-state index contributed by atoms with van der Waals surface area (Å²) in [5.74, 6) is 1.11. The predicted molar refractivity (Wildman–Crippen MR) is 86.0 cm³/mol. The van der Waals surface area contributed by atoms with Crippen molar-refractivity contribution in [2.24, 2.45) is 5.92 Å². The Hall–Kier alpha value is -1.09. The summed E-state index contributed by atoms with van der Waals surface area (Å²) in [5.41, 5.74) is 3.13. The molecule has 2 bridgehead atoms. The molecule has 2 fully saturated rings. The quantitative estimate of drug-likeness (QED) is 0.918. The van der Waals surface area contributed by atoms with Crippen molar-refractivity contribution in [3.8, 4) is 5.75 Å². The lowest BCUT2D eigenvalue weighted by atomic mass is 9.52. The molecule has 3 atom stereocenters. The summed E-state index contributed by atoms with van der Waals surface area (Å²) in [6.45, 7) is 1.79. The Bertz CT molecular complexity index is 560. The van der Waals surface area contributed by atoms with Crippen LogP contribution in [0, 0.1) is 5.92 Å². The molecular formula is C19H26FNO. The third-order valence-electron chi connectivity index (χ3n) is 6.51. The number of phenols is 1. The van der Waals surface area contributed by atoms with Gasteiger partial charge in [-0.1, -0.05) is 18.9 Å². The number of nitrogens with zero attached hydrogens (tertiary/aromatic N) is 1. The highest BCUT2D eigenvalue weighted by Gasteiger charge is 2.53. The predicted octanol–water partition coefficient (Wildman–Crippen LogP) is 3.81. The summed E-state index contributed by atoms with van der Waals surface area (Å²) in [5, 5.41) is 9.99. The molecule has 1 aromatic carbocycles. The van der Waals surface area contributed by atoms with Gasteiger partial charge in [0.05, 0.1) is 6.67 Å². The Morgan fingerprint density at radius 1 is 1.27 bits per heavy atom. The lowest BCUT2D eigenvalue weighted by Gasteiger charge is -2.59. The van der Waals surface area contributed by atoms with E-state index in [2.05, 4.69) is 11.0 Å². The Balaban J connectivity index is 1.75. The second-order valence-corrected chi connectivity index (χ2v) is 7.45. The van der Waals surface area contributed by atoms with Gasteiger partial charge in [0, 0.05) is 18.0 Å². The molecule has 2 nitrogen and oxygen atoms in total. The Labute approximate surface area is 132 Å². The van der Waals surface area contributed by atoms with Crippen molar-refractivity contribution in [3.05, 3.63) is 29.3 Å². The number of piperidine rings is 1. The summed E-state index contributed by atoms with van der Waals surface area (Å²) in [6, 6.07) is 6.59. The number of benzene rings is 1. The maximum atomic E-state index is 12.6. The first-order valence-electron chi connectivity index (χ1n) is 8.87. The molecule has 1 saturated heterocycles. The minimum atomic E-state index is -0.205. The molecule has 1 saturated carbocycles. The normalized spacial score (nSPS) is 34.0. The fourth-order valence-electron chi connectivity index (χ4n) is 5.61. The van der Waals surface area contributed by atoms with Gasteiger partial charge in [0.1, 0.15) is 5.75 Å². The zero-order valence-corrected chi connectivity index (χ0v) is 13.2. The minimum absolute atomic E-state index is 0.205. The molecule has 0 aromatic heterocycles. The average molecular weight is 303 g/mol. The van der Waals surface area contributed by atoms with Crippen molar-refractivity contribution in [3.63, 3.8) is 0 Å².